The number of halogens is 3. The van der Waals surface area contributed by atoms with Crippen LogP contribution in [0.3, 0.4) is 0 Å². The molecule has 0 spiro atoms. The van der Waals surface area contributed by atoms with Gasteiger partial charge in [0.15, 0.2) is 6.23 Å². The molecule has 1 heterocycles. The molecule has 0 amide bonds. The smallest absolute Gasteiger partial charge is 0.440 e. The fourth-order valence-corrected chi connectivity index (χ4v) is 2.49. The van der Waals surface area contributed by atoms with E-state index in [0.29, 0.717) is 6.54 Å². The lowest BCUT2D eigenvalue weighted by Crippen LogP contribution is -2.36. The van der Waals surface area contributed by atoms with Crippen molar-refractivity contribution in [1.29, 1.82) is 0 Å². The van der Waals surface area contributed by atoms with Gasteiger partial charge in [-0.15, -0.1) is 0 Å². The molecule has 1 saturated heterocycles. The molecule has 7 heteroatoms. The van der Waals surface area contributed by atoms with Crippen molar-refractivity contribution in [2.45, 2.75) is 45.3 Å². The second kappa shape index (κ2) is 7.79. The van der Waals surface area contributed by atoms with Crippen LogP contribution in [0, 0.1) is 0 Å². The fraction of sp³-hybridized carbons (Fsp3) is 0.562. The Morgan fingerprint density at radius 1 is 1.22 bits per heavy atom. The third kappa shape index (κ3) is 5.84. The molecule has 1 aliphatic rings. The number of nitrogens with zero attached hydrogens (tertiary/aromatic N) is 1. The Morgan fingerprint density at radius 3 is 2.35 bits per heavy atom. The van der Waals surface area contributed by atoms with Crippen LogP contribution in [0.25, 0.3) is 0 Å². The molecule has 1 fully saturated rings. The molecule has 0 aliphatic carbocycles. The highest BCUT2D eigenvalue weighted by atomic mass is 19.4. The van der Waals surface area contributed by atoms with Crippen molar-refractivity contribution in [3.63, 3.8) is 0 Å². The highest BCUT2D eigenvalue weighted by Crippen LogP contribution is 2.17. The molecule has 0 radical (unpaired) electrons. The third-order valence-corrected chi connectivity index (χ3v) is 3.74. The summed E-state index contributed by atoms with van der Waals surface area (Å²) in [7, 11) is 0. The molecule has 0 bridgehead atoms. The molecule has 4 nitrogen and oxygen atoms in total. The zero-order valence-electron chi connectivity index (χ0n) is 13.0. The van der Waals surface area contributed by atoms with Crippen LogP contribution >= 0.6 is 0 Å². The van der Waals surface area contributed by atoms with Crippen LogP contribution in [0.2, 0.25) is 0 Å². The van der Waals surface area contributed by atoms with E-state index in [1.165, 1.54) is 25.3 Å². The van der Waals surface area contributed by atoms with Crippen LogP contribution in [0.5, 0.6) is 0 Å². The maximum absolute atomic E-state index is 12.1. The monoisotopic (exact) mass is 330 g/mol. The molecule has 2 rings (SSSR count). The summed E-state index contributed by atoms with van der Waals surface area (Å²) < 4.78 is 40.5. The second-order valence-electron chi connectivity index (χ2n) is 5.73. The van der Waals surface area contributed by atoms with Crippen molar-refractivity contribution in [3.05, 3.63) is 35.4 Å². The summed E-state index contributed by atoms with van der Waals surface area (Å²) in [4.78, 5) is 13.1. The zero-order valence-corrected chi connectivity index (χ0v) is 13.0. The van der Waals surface area contributed by atoms with Gasteiger partial charge in [0.1, 0.15) is 0 Å². The van der Waals surface area contributed by atoms with Crippen molar-refractivity contribution in [3.8, 4) is 0 Å². The van der Waals surface area contributed by atoms with Gasteiger partial charge in [0.25, 0.3) is 0 Å². The second-order valence-corrected chi connectivity index (χ2v) is 5.73. The number of hydrogen-bond acceptors (Lipinski definition) is 4. The van der Waals surface area contributed by atoms with E-state index >= 15 is 0 Å². The van der Waals surface area contributed by atoms with Crippen molar-refractivity contribution in [2.24, 2.45) is 0 Å². The molecule has 1 atom stereocenters. The number of hydrogen-bond donors (Lipinski definition) is 1. The molecule has 1 unspecified atom stereocenters. The zero-order chi connectivity index (χ0) is 16.9. The first-order valence-electron chi connectivity index (χ1n) is 7.66. The van der Waals surface area contributed by atoms with E-state index in [4.69, 9.17) is 0 Å². The first kappa shape index (κ1) is 17.7. The number of benzene rings is 1. The van der Waals surface area contributed by atoms with Crippen molar-refractivity contribution in [2.75, 3.05) is 13.1 Å². The Morgan fingerprint density at radius 2 is 1.78 bits per heavy atom. The topological polar surface area (TPSA) is 41.6 Å². The lowest BCUT2D eigenvalue weighted by molar-refractivity contribution is -0.205. The van der Waals surface area contributed by atoms with Crippen LogP contribution in [-0.2, 0) is 22.6 Å². The molecule has 1 N–H and O–H groups in total. The predicted molar refractivity (Wildman–Crippen MR) is 79.4 cm³/mol. The maximum Gasteiger partial charge on any atom is 0.490 e. The quantitative estimate of drug-likeness (QED) is 0.643. The highest BCUT2D eigenvalue weighted by molar-refractivity contribution is 5.75. The van der Waals surface area contributed by atoms with Crippen LogP contribution in [0.4, 0.5) is 13.2 Å². The van der Waals surface area contributed by atoms with E-state index in [0.717, 1.165) is 25.2 Å². The molecule has 1 aromatic carbocycles. The largest absolute Gasteiger partial charge is 0.490 e. The minimum Gasteiger partial charge on any atom is -0.440 e. The molecular formula is C16H21F3N2O2. The Bertz CT molecular complexity index is 511. The van der Waals surface area contributed by atoms with Crippen LogP contribution < -0.4 is 5.32 Å². The molecule has 0 saturated carbocycles. The summed E-state index contributed by atoms with van der Waals surface area (Å²) in [6.45, 7) is 4.88. The number of likely N-dealkylation sites (tertiary alicyclic amines) is 1. The first-order valence-corrected chi connectivity index (χ1v) is 7.66. The molecule has 23 heavy (non-hydrogen) atoms. The number of carbonyl (C=O) groups is 1. The minimum atomic E-state index is -4.97. The average molecular weight is 330 g/mol. The maximum atomic E-state index is 12.1. The van der Waals surface area contributed by atoms with Gasteiger partial charge < -0.3 is 4.74 Å². The number of esters is 1. The number of carbonyl (C=O) groups excluding carboxylic acids is 1. The van der Waals surface area contributed by atoms with Gasteiger partial charge >= 0.3 is 12.1 Å². The van der Waals surface area contributed by atoms with Gasteiger partial charge in [-0.2, -0.15) is 13.2 Å². The summed E-state index contributed by atoms with van der Waals surface area (Å²) >= 11 is 0. The summed E-state index contributed by atoms with van der Waals surface area (Å²) in [5.74, 6) is -2.18. The van der Waals surface area contributed by atoms with Crippen LogP contribution in [-0.4, -0.2) is 36.4 Å². The normalized spacial score (nSPS) is 17.2. The number of alkyl halides is 3. The van der Waals surface area contributed by atoms with Gasteiger partial charge in [0, 0.05) is 13.1 Å². The lowest BCUT2D eigenvalue weighted by atomic mass is 10.1. The SMILES string of the molecule is CC(NCc1ccc(CN2CCCC2)cc1)OC(=O)C(F)(F)F. The number of nitrogens with one attached hydrogen (secondary N) is 1. The molecular weight excluding hydrogens is 309 g/mol. The van der Waals surface area contributed by atoms with E-state index in [1.54, 1.807) is 0 Å². The van der Waals surface area contributed by atoms with Gasteiger partial charge in [-0.25, -0.2) is 4.79 Å². The lowest BCUT2D eigenvalue weighted by Gasteiger charge is -2.17. The molecule has 1 aromatic rings. The van der Waals surface area contributed by atoms with Crippen molar-refractivity contribution < 1.29 is 22.7 Å². The Balaban J connectivity index is 1.76. The fourth-order valence-electron chi connectivity index (χ4n) is 2.49. The van der Waals surface area contributed by atoms with Gasteiger partial charge in [-0.3, -0.25) is 10.2 Å². The Hall–Kier alpha value is -1.60. The number of ether oxygens (including phenoxy) is 1. The standard InChI is InChI=1S/C16H21F3N2O2/c1-12(23-15(22)16(17,18)19)20-10-13-4-6-14(7-5-13)11-21-8-2-3-9-21/h4-7,12,20H,2-3,8-11H2,1H3. The van der Waals surface area contributed by atoms with Gasteiger partial charge in [0.2, 0.25) is 0 Å². The summed E-state index contributed by atoms with van der Waals surface area (Å²) in [6, 6.07) is 7.89. The van der Waals surface area contributed by atoms with Gasteiger partial charge in [-0.05, 0) is 44.0 Å². The van der Waals surface area contributed by atoms with E-state index in [9.17, 15) is 18.0 Å². The Kier molecular flexibility index (Phi) is 6.01. The van der Waals surface area contributed by atoms with E-state index in [-0.39, 0.29) is 0 Å². The van der Waals surface area contributed by atoms with E-state index in [2.05, 4.69) is 15.0 Å². The number of rotatable bonds is 6. The van der Waals surface area contributed by atoms with Crippen LogP contribution in [0.15, 0.2) is 24.3 Å². The Labute approximate surface area is 133 Å². The van der Waals surface area contributed by atoms with Gasteiger partial charge in [0.05, 0.1) is 0 Å². The molecule has 0 aromatic heterocycles. The minimum absolute atomic E-state index is 0.330. The van der Waals surface area contributed by atoms with Crippen molar-refractivity contribution >= 4 is 5.97 Å². The average Bonchev–Trinajstić information content (AvgIpc) is 2.98. The van der Waals surface area contributed by atoms with Crippen molar-refractivity contribution in [1.82, 2.24) is 10.2 Å². The van der Waals surface area contributed by atoms with Crippen LogP contribution in [0.1, 0.15) is 30.9 Å². The molecule has 1 aliphatic heterocycles. The highest BCUT2D eigenvalue weighted by Gasteiger charge is 2.41. The van der Waals surface area contributed by atoms with Gasteiger partial charge in [-0.1, -0.05) is 24.3 Å². The van der Waals surface area contributed by atoms with E-state index in [1.807, 2.05) is 24.3 Å². The molecule has 128 valence electrons. The third-order valence-electron chi connectivity index (χ3n) is 3.74. The van der Waals surface area contributed by atoms with E-state index < -0.39 is 18.4 Å². The predicted octanol–water partition coefficient (Wildman–Crippen LogP) is 2.82. The summed E-state index contributed by atoms with van der Waals surface area (Å²) in [5, 5.41) is 2.74. The summed E-state index contributed by atoms with van der Waals surface area (Å²) in [6.07, 6.45) is -3.48. The summed E-state index contributed by atoms with van der Waals surface area (Å²) in [5.41, 5.74) is 2.14. The first-order chi connectivity index (χ1) is 10.8.